The highest BCUT2D eigenvalue weighted by atomic mass is 35.5. The van der Waals surface area contributed by atoms with Crippen molar-refractivity contribution < 1.29 is 14.0 Å². The Hall–Kier alpha value is -2.57. The first-order valence-electron chi connectivity index (χ1n) is 9.48. The third-order valence-electron chi connectivity index (χ3n) is 5.01. The van der Waals surface area contributed by atoms with E-state index < -0.39 is 0 Å². The maximum atomic E-state index is 13.4. The lowest BCUT2D eigenvalue weighted by molar-refractivity contribution is 0.0657. The molecule has 1 atom stereocenters. The average molecular weight is 429 g/mol. The van der Waals surface area contributed by atoms with Crippen molar-refractivity contribution >= 4 is 39.8 Å². The van der Waals surface area contributed by atoms with Crippen molar-refractivity contribution in [2.75, 3.05) is 5.32 Å². The molecule has 0 saturated heterocycles. The number of anilines is 1. The van der Waals surface area contributed by atoms with E-state index in [0.717, 1.165) is 24.2 Å². The van der Waals surface area contributed by atoms with Gasteiger partial charge in [0.25, 0.3) is 11.8 Å². The smallest absolute Gasteiger partial charge is 0.265 e. The third kappa shape index (κ3) is 4.09. The first-order chi connectivity index (χ1) is 14.0. The van der Waals surface area contributed by atoms with Gasteiger partial charge in [-0.05, 0) is 62.6 Å². The number of benzene rings is 1. The lowest BCUT2D eigenvalue weighted by atomic mass is 10.1. The van der Waals surface area contributed by atoms with Crippen LogP contribution in [0.1, 0.15) is 57.2 Å². The summed E-state index contributed by atoms with van der Waals surface area (Å²) in [6, 6.07) is 12.5. The van der Waals surface area contributed by atoms with E-state index in [-0.39, 0.29) is 23.9 Å². The Morgan fingerprint density at radius 2 is 2.00 bits per heavy atom. The molecule has 2 heterocycles. The van der Waals surface area contributed by atoms with Gasteiger partial charge >= 0.3 is 0 Å². The van der Waals surface area contributed by atoms with Gasteiger partial charge in [0.2, 0.25) is 0 Å². The van der Waals surface area contributed by atoms with Gasteiger partial charge in [0.1, 0.15) is 5.76 Å². The number of hydrogen-bond donors (Lipinski definition) is 1. The highest BCUT2D eigenvalue weighted by Crippen LogP contribution is 2.38. The van der Waals surface area contributed by atoms with Crippen molar-refractivity contribution in [3.05, 3.63) is 75.5 Å². The first-order valence-corrected chi connectivity index (χ1v) is 10.7. The number of carbonyl (C=O) groups is 2. The van der Waals surface area contributed by atoms with E-state index in [1.807, 2.05) is 36.9 Å². The summed E-state index contributed by atoms with van der Waals surface area (Å²) in [4.78, 5) is 28.4. The van der Waals surface area contributed by atoms with Gasteiger partial charge in [-0.25, -0.2) is 0 Å². The molecule has 29 heavy (non-hydrogen) atoms. The Balaban J connectivity index is 1.56. The highest BCUT2D eigenvalue weighted by molar-refractivity contribution is 7.18. The summed E-state index contributed by atoms with van der Waals surface area (Å²) in [5, 5.41) is 3.87. The van der Waals surface area contributed by atoms with Crippen LogP contribution < -0.4 is 5.32 Å². The molecular weight excluding hydrogens is 408 g/mol. The minimum atomic E-state index is -0.293. The van der Waals surface area contributed by atoms with Gasteiger partial charge in [0, 0.05) is 6.04 Å². The molecule has 2 aromatic heterocycles. The molecule has 1 fully saturated rings. The summed E-state index contributed by atoms with van der Waals surface area (Å²) in [6.07, 6.45) is 3.62. The average Bonchev–Trinajstić information content (AvgIpc) is 3.23. The number of nitrogens with zero attached hydrogens (tertiary/aromatic N) is 1. The zero-order chi connectivity index (χ0) is 20.5. The predicted octanol–water partition coefficient (Wildman–Crippen LogP) is 5.92. The van der Waals surface area contributed by atoms with Crippen LogP contribution in [-0.4, -0.2) is 22.8 Å². The molecule has 0 spiro atoms. The lowest BCUT2D eigenvalue weighted by Crippen LogP contribution is -2.35. The summed E-state index contributed by atoms with van der Waals surface area (Å²) >= 11 is 7.40. The molecule has 2 amide bonds. The number of nitrogens with one attached hydrogen (secondary N) is 1. The third-order valence-corrected chi connectivity index (χ3v) is 6.48. The van der Waals surface area contributed by atoms with E-state index in [1.165, 1.54) is 11.3 Å². The number of rotatable bonds is 6. The van der Waals surface area contributed by atoms with Crippen molar-refractivity contribution in [2.45, 2.75) is 38.8 Å². The summed E-state index contributed by atoms with van der Waals surface area (Å²) in [7, 11) is 0. The monoisotopic (exact) mass is 428 g/mol. The molecular formula is C22H21ClN2O3S. The number of aryl methyl sites for hydroxylation is 1. The normalized spacial score (nSPS) is 14.4. The molecule has 0 bridgehead atoms. The van der Waals surface area contributed by atoms with Gasteiger partial charge in [-0.15, -0.1) is 11.3 Å². The Labute approximate surface area is 178 Å². The van der Waals surface area contributed by atoms with Crippen LogP contribution in [0.5, 0.6) is 0 Å². The topological polar surface area (TPSA) is 62.6 Å². The number of furan rings is 1. The molecule has 0 aliphatic heterocycles. The second kappa shape index (κ2) is 8.05. The van der Waals surface area contributed by atoms with E-state index in [0.29, 0.717) is 20.5 Å². The van der Waals surface area contributed by atoms with E-state index in [2.05, 4.69) is 5.32 Å². The minimum Gasteiger partial charge on any atom is -0.467 e. The van der Waals surface area contributed by atoms with Crippen LogP contribution in [0.3, 0.4) is 0 Å². The molecule has 0 radical (unpaired) electrons. The molecule has 1 N–H and O–H groups in total. The molecule has 1 aliphatic carbocycles. The van der Waals surface area contributed by atoms with Gasteiger partial charge in [-0.2, -0.15) is 0 Å². The maximum absolute atomic E-state index is 13.4. The van der Waals surface area contributed by atoms with E-state index >= 15 is 0 Å². The molecule has 3 aromatic rings. The highest BCUT2D eigenvalue weighted by Gasteiger charge is 2.38. The summed E-state index contributed by atoms with van der Waals surface area (Å²) in [5.74, 6) is 0.447. The van der Waals surface area contributed by atoms with Crippen molar-refractivity contribution in [3.63, 3.8) is 0 Å². The fourth-order valence-corrected chi connectivity index (χ4v) is 4.61. The van der Waals surface area contributed by atoms with Gasteiger partial charge in [0.15, 0.2) is 0 Å². The lowest BCUT2D eigenvalue weighted by Gasteiger charge is -2.28. The van der Waals surface area contributed by atoms with Crippen LogP contribution in [-0.2, 0) is 0 Å². The van der Waals surface area contributed by atoms with Gasteiger partial charge < -0.3 is 14.6 Å². The van der Waals surface area contributed by atoms with Crippen LogP contribution in [0, 0.1) is 6.92 Å². The number of halogens is 1. The Kier molecular flexibility index (Phi) is 5.48. The fraction of sp³-hybridized carbons (Fsp3) is 0.273. The summed E-state index contributed by atoms with van der Waals surface area (Å²) in [6.45, 7) is 3.87. The zero-order valence-corrected chi connectivity index (χ0v) is 17.7. The minimum absolute atomic E-state index is 0.0304. The van der Waals surface area contributed by atoms with Gasteiger partial charge in [-0.3, -0.25) is 9.59 Å². The fourth-order valence-electron chi connectivity index (χ4n) is 3.37. The van der Waals surface area contributed by atoms with Crippen LogP contribution in [0.15, 0.2) is 53.1 Å². The molecule has 7 heteroatoms. The molecule has 150 valence electrons. The van der Waals surface area contributed by atoms with E-state index in [9.17, 15) is 9.59 Å². The number of carbonyl (C=O) groups excluding carboxylic acids is 2. The molecule has 1 unspecified atom stereocenters. The predicted molar refractivity (Wildman–Crippen MR) is 115 cm³/mol. The Morgan fingerprint density at radius 3 is 2.66 bits per heavy atom. The second-order valence-electron chi connectivity index (χ2n) is 7.19. The second-order valence-corrected chi connectivity index (χ2v) is 8.65. The standard InChI is InChI=1S/C22H21ClN2O3S/c1-13-12-19(24-21(26)16-6-3-4-7-17(16)23)29-20(13)22(27)25(15-9-10-15)14(2)18-8-5-11-28-18/h3-8,11-12,14-15H,9-10H2,1-2H3,(H,24,26). The molecule has 1 aromatic carbocycles. The zero-order valence-electron chi connectivity index (χ0n) is 16.1. The maximum Gasteiger partial charge on any atom is 0.265 e. The van der Waals surface area contributed by atoms with E-state index in [1.54, 1.807) is 30.5 Å². The number of hydrogen-bond acceptors (Lipinski definition) is 4. The largest absolute Gasteiger partial charge is 0.467 e. The van der Waals surface area contributed by atoms with Gasteiger partial charge in [0.05, 0.1) is 32.8 Å². The number of amides is 2. The van der Waals surface area contributed by atoms with Crippen LogP contribution in [0.25, 0.3) is 0 Å². The van der Waals surface area contributed by atoms with Crippen LogP contribution in [0.4, 0.5) is 5.00 Å². The SMILES string of the molecule is Cc1cc(NC(=O)c2ccccc2Cl)sc1C(=O)N(C1CC1)C(C)c1ccco1. The molecule has 4 rings (SSSR count). The summed E-state index contributed by atoms with van der Waals surface area (Å²) < 4.78 is 5.53. The molecule has 1 saturated carbocycles. The van der Waals surface area contributed by atoms with Crippen molar-refractivity contribution in [3.8, 4) is 0 Å². The van der Waals surface area contributed by atoms with Crippen molar-refractivity contribution in [1.29, 1.82) is 0 Å². The van der Waals surface area contributed by atoms with Crippen LogP contribution >= 0.6 is 22.9 Å². The summed E-state index contributed by atoms with van der Waals surface area (Å²) in [5.41, 5.74) is 1.24. The van der Waals surface area contributed by atoms with Gasteiger partial charge in [-0.1, -0.05) is 23.7 Å². The molecule has 5 nitrogen and oxygen atoms in total. The molecule has 1 aliphatic rings. The Morgan fingerprint density at radius 1 is 1.24 bits per heavy atom. The first kappa shape index (κ1) is 19.7. The Bertz CT molecular complexity index is 1040. The quantitative estimate of drug-likeness (QED) is 0.530. The number of thiophene rings is 1. The van der Waals surface area contributed by atoms with E-state index in [4.69, 9.17) is 16.0 Å². The van der Waals surface area contributed by atoms with Crippen molar-refractivity contribution in [2.24, 2.45) is 0 Å². The van der Waals surface area contributed by atoms with Crippen LogP contribution in [0.2, 0.25) is 5.02 Å². The van der Waals surface area contributed by atoms with Crippen molar-refractivity contribution in [1.82, 2.24) is 4.90 Å².